The molecule has 2 fully saturated rings. The Morgan fingerprint density at radius 1 is 0.592 bits per heavy atom. The first-order valence-electron chi connectivity index (χ1n) is 25.0. The molecule has 6 aromatic carbocycles. The zero-order valence-electron chi connectivity index (χ0n) is 41.8. The molecule has 76 heavy (non-hydrogen) atoms. The molecule has 2 aliphatic heterocycles. The maximum Gasteiger partial charge on any atom is 0.416 e. The number of aromatic hydroxyl groups is 2. The Labute approximate surface area is 437 Å². The minimum absolute atomic E-state index is 0.0176. The van der Waals surface area contributed by atoms with Gasteiger partial charge in [0.15, 0.2) is 0 Å². The standard InChI is InChI=1S/C30H29N5O3.C29H27F3N4O2/c1-38-26-17-25-24(16-23(26)19-31)27(36)34-29(33-25)35-14-12-30(13-15-35,18-21-8-4-2-5-9-21)28(37)32-20-22-10-6-3-7-11-22;30-29(31,32)22-11-12-23-24(17-22)34-27(35-25(23)37)36-15-13-28(14-16-36,18-20-7-3-1-4-8-20)26(38)33-19-21-9-5-2-6-10-21/h2-11,16-17H,12-15,18,20H2,1H3,(H,32,37)(H,33,34,36);1-12,17H,13-16,18-19H2,(H,33,38)(H,34,35,37). The smallest absolute Gasteiger partial charge is 0.416 e. The van der Waals surface area contributed by atoms with Gasteiger partial charge in [0.1, 0.15) is 11.8 Å². The SMILES string of the molecule is COc1cc2nc(N3CCC(Cc4ccccc4)(C(=O)NCc4ccccc4)CC3)nc(O)c2cc1C#N.O=C(NCc1ccccc1)C1(Cc2ccccc2)CCN(c2nc(O)c3ccc(C(F)(F)F)cc3n2)CC1. The lowest BCUT2D eigenvalue weighted by Gasteiger charge is -2.41. The van der Waals surface area contributed by atoms with Crippen LogP contribution in [0.1, 0.15) is 59.1 Å². The van der Waals surface area contributed by atoms with Gasteiger partial charge in [0.2, 0.25) is 35.5 Å². The van der Waals surface area contributed by atoms with Crippen LogP contribution in [0.5, 0.6) is 17.5 Å². The van der Waals surface area contributed by atoms with Crippen molar-refractivity contribution in [2.75, 3.05) is 43.1 Å². The summed E-state index contributed by atoms with van der Waals surface area (Å²) in [6.45, 7) is 2.84. The average molecular weight is 1030 g/mol. The maximum atomic E-state index is 13.7. The lowest BCUT2D eigenvalue weighted by molar-refractivity contribution is -0.137. The van der Waals surface area contributed by atoms with E-state index in [9.17, 15) is 38.2 Å². The van der Waals surface area contributed by atoms with Crippen LogP contribution in [-0.4, -0.2) is 75.3 Å². The Bertz CT molecular complexity index is 3350. The number of alkyl halides is 3. The molecule has 2 amide bonds. The molecule has 8 aromatic rings. The molecule has 0 unspecified atom stereocenters. The Kier molecular flexibility index (Phi) is 15.6. The third-order valence-electron chi connectivity index (χ3n) is 14.4. The Hall–Kier alpha value is -8.78. The van der Waals surface area contributed by atoms with Gasteiger partial charge in [-0.1, -0.05) is 121 Å². The van der Waals surface area contributed by atoms with Crippen LogP contribution in [0.2, 0.25) is 0 Å². The molecule has 14 nitrogen and oxygen atoms in total. The normalized spacial score (nSPS) is 15.0. The summed E-state index contributed by atoms with van der Waals surface area (Å²) in [7, 11) is 1.49. The lowest BCUT2D eigenvalue weighted by Crippen LogP contribution is -2.50. The number of anilines is 2. The summed E-state index contributed by atoms with van der Waals surface area (Å²) in [5.41, 5.74) is 2.96. The van der Waals surface area contributed by atoms with Crippen LogP contribution in [-0.2, 0) is 41.7 Å². The highest BCUT2D eigenvalue weighted by atomic mass is 19.4. The summed E-state index contributed by atoms with van der Waals surface area (Å²) in [4.78, 5) is 48.6. The van der Waals surface area contributed by atoms with Crippen molar-refractivity contribution in [1.82, 2.24) is 30.6 Å². The first-order chi connectivity index (χ1) is 36.7. The zero-order chi connectivity index (χ0) is 53.3. The highest BCUT2D eigenvalue weighted by Crippen LogP contribution is 2.40. The van der Waals surface area contributed by atoms with Gasteiger partial charge in [-0.2, -0.15) is 28.4 Å². The predicted molar refractivity (Wildman–Crippen MR) is 283 cm³/mol. The molecule has 0 bridgehead atoms. The van der Waals surface area contributed by atoms with Crippen LogP contribution in [0, 0.1) is 22.2 Å². The van der Waals surface area contributed by atoms with E-state index < -0.39 is 22.6 Å². The van der Waals surface area contributed by atoms with Crippen molar-refractivity contribution in [3.05, 3.63) is 185 Å². The number of carbonyl (C=O) groups is 2. The van der Waals surface area contributed by atoms with Crippen LogP contribution in [0.25, 0.3) is 21.8 Å². The molecule has 0 spiro atoms. The molecule has 2 aromatic heterocycles. The minimum atomic E-state index is -4.52. The van der Waals surface area contributed by atoms with Gasteiger partial charge < -0.3 is 35.4 Å². The van der Waals surface area contributed by atoms with Crippen LogP contribution >= 0.6 is 0 Å². The van der Waals surface area contributed by atoms with Gasteiger partial charge in [-0.3, -0.25) is 9.59 Å². The fourth-order valence-corrected chi connectivity index (χ4v) is 10.1. The van der Waals surface area contributed by atoms with Crippen LogP contribution < -0.4 is 25.2 Å². The van der Waals surface area contributed by atoms with Crippen molar-refractivity contribution in [3.63, 3.8) is 0 Å². The molecule has 10 rings (SSSR count). The zero-order valence-corrected chi connectivity index (χ0v) is 41.8. The Morgan fingerprint density at radius 2 is 1.00 bits per heavy atom. The topological polar surface area (TPSA) is 190 Å². The van der Waals surface area contributed by atoms with E-state index in [0.717, 1.165) is 34.4 Å². The van der Waals surface area contributed by atoms with Crippen molar-refractivity contribution in [1.29, 1.82) is 5.26 Å². The maximum absolute atomic E-state index is 13.7. The number of carbonyl (C=O) groups excluding carboxylic acids is 2. The summed E-state index contributed by atoms with van der Waals surface area (Å²) < 4.78 is 45.0. The Balaban J connectivity index is 0.000000186. The second-order valence-corrected chi connectivity index (χ2v) is 19.3. The minimum Gasteiger partial charge on any atom is -0.495 e. The Morgan fingerprint density at radius 3 is 1.41 bits per heavy atom. The van der Waals surface area contributed by atoms with Crippen LogP contribution in [0.15, 0.2) is 152 Å². The molecule has 2 aliphatic rings. The van der Waals surface area contributed by atoms with Gasteiger partial charge in [0.25, 0.3) is 0 Å². The molecule has 0 atom stereocenters. The van der Waals surface area contributed by atoms with E-state index in [2.05, 4.69) is 48.8 Å². The number of nitrogens with one attached hydrogen (secondary N) is 2. The monoisotopic (exact) mass is 1030 g/mol. The average Bonchev–Trinajstić information content (AvgIpc) is 3.47. The molecule has 0 aliphatic carbocycles. The molecule has 4 N–H and O–H groups in total. The number of ether oxygens (including phenoxy) is 1. The van der Waals surface area contributed by atoms with Crippen molar-refractivity contribution in [3.8, 4) is 23.6 Å². The summed E-state index contributed by atoms with van der Waals surface area (Å²) in [6.07, 6.45) is -1.12. The molecule has 388 valence electrons. The first kappa shape index (κ1) is 52.1. The third-order valence-corrected chi connectivity index (χ3v) is 14.4. The second kappa shape index (κ2) is 22.8. The van der Waals surface area contributed by atoms with Gasteiger partial charge in [0.05, 0.1) is 50.9 Å². The third kappa shape index (κ3) is 11.9. The molecule has 17 heteroatoms. The van der Waals surface area contributed by atoms with Gasteiger partial charge in [-0.25, -0.2) is 9.97 Å². The van der Waals surface area contributed by atoms with E-state index in [-0.39, 0.29) is 40.4 Å². The highest BCUT2D eigenvalue weighted by Gasteiger charge is 2.43. The van der Waals surface area contributed by atoms with Crippen LogP contribution in [0.4, 0.5) is 25.1 Å². The number of fused-ring (bicyclic) bond motifs is 2. The molecule has 2 saturated heterocycles. The van der Waals surface area contributed by atoms with E-state index >= 15 is 0 Å². The number of rotatable bonds is 13. The van der Waals surface area contributed by atoms with E-state index in [1.807, 2.05) is 119 Å². The largest absolute Gasteiger partial charge is 0.495 e. The van der Waals surface area contributed by atoms with E-state index in [1.54, 1.807) is 6.07 Å². The number of benzene rings is 6. The van der Waals surface area contributed by atoms with Crippen molar-refractivity contribution in [2.24, 2.45) is 10.8 Å². The van der Waals surface area contributed by atoms with Crippen LogP contribution in [0.3, 0.4) is 0 Å². The summed E-state index contributed by atoms with van der Waals surface area (Å²) >= 11 is 0. The summed E-state index contributed by atoms with van der Waals surface area (Å²) in [5.74, 6) is 0.362. The van der Waals surface area contributed by atoms with Gasteiger partial charge in [-0.05, 0) is 85.0 Å². The predicted octanol–water partition coefficient (Wildman–Crippen LogP) is 9.86. The fraction of sp³-hybridized carbons (Fsp3) is 0.271. The van der Waals surface area contributed by atoms with Crippen molar-refractivity contribution in [2.45, 2.75) is 57.8 Å². The number of piperidine rings is 2. The van der Waals surface area contributed by atoms with E-state index in [0.29, 0.717) is 106 Å². The second-order valence-electron chi connectivity index (χ2n) is 19.3. The van der Waals surface area contributed by atoms with E-state index in [4.69, 9.17) is 4.74 Å². The number of halogens is 3. The number of hydrogen-bond acceptors (Lipinski definition) is 12. The van der Waals surface area contributed by atoms with E-state index in [1.165, 1.54) is 19.2 Å². The number of nitriles is 1. The number of nitrogens with zero attached hydrogens (tertiary/aromatic N) is 7. The molecular weight excluding hydrogens is 972 g/mol. The molecular formula is C59H56F3N9O5. The number of aromatic nitrogens is 4. The molecule has 4 heterocycles. The quantitative estimate of drug-likeness (QED) is 0.0857. The lowest BCUT2D eigenvalue weighted by atomic mass is 9.73. The molecule has 0 radical (unpaired) electrons. The summed E-state index contributed by atoms with van der Waals surface area (Å²) in [5, 5.41) is 37.2. The number of amides is 2. The number of hydrogen-bond donors (Lipinski definition) is 4. The molecule has 0 saturated carbocycles. The van der Waals surface area contributed by atoms with Crippen molar-refractivity contribution < 1.29 is 37.7 Å². The van der Waals surface area contributed by atoms with Gasteiger partial charge in [0, 0.05) is 45.3 Å². The van der Waals surface area contributed by atoms with Gasteiger partial charge >= 0.3 is 6.18 Å². The summed E-state index contributed by atoms with van der Waals surface area (Å²) in [6, 6.07) is 47.8. The first-order valence-corrected chi connectivity index (χ1v) is 25.0. The van der Waals surface area contributed by atoms with Gasteiger partial charge in [-0.15, -0.1) is 0 Å². The fourth-order valence-electron chi connectivity index (χ4n) is 10.1. The van der Waals surface area contributed by atoms with Crippen molar-refractivity contribution >= 4 is 45.5 Å². The highest BCUT2D eigenvalue weighted by molar-refractivity contribution is 5.88. The number of methoxy groups -OCH3 is 1.